The summed E-state index contributed by atoms with van der Waals surface area (Å²) in [5.41, 5.74) is 2.63. The van der Waals surface area contributed by atoms with E-state index in [2.05, 4.69) is 15.8 Å². The van der Waals surface area contributed by atoms with E-state index in [4.69, 9.17) is 44.9 Å². The van der Waals surface area contributed by atoms with Gasteiger partial charge in [0.1, 0.15) is 52.3 Å². The molecule has 2 aromatic rings. The predicted octanol–water partition coefficient (Wildman–Crippen LogP) is 6.83. The molecule has 452 valence electrons. The van der Waals surface area contributed by atoms with Crippen LogP contribution in [0.4, 0.5) is 14.9 Å². The number of aryl methyl sites for hydroxylation is 1. The second-order valence-electron chi connectivity index (χ2n) is 22.0. The number of hydrogen-bond donors (Lipinski definition) is 3. The lowest BCUT2D eigenvalue weighted by Crippen LogP contribution is -2.63. The summed E-state index contributed by atoms with van der Waals surface area (Å²) in [6.45, 7) is 10.6. The van der Waals surface area contributed by atoms with Gasteiger partial charge in [0.15, 0.2) is 5.72 Å². The molecular weight excluding hydrogens is 1140 g/mol. The van der Waals surface area contributed by atoms with Crippen LogP contribution in [0.3, 0.4) is 0 Å². The molecule has 4 bridgehead atoms. The number of esters is 1. The topological polar surface area (TPSA) is 271 Å². The number of carbonyl (C=O) groups excluding carboxylic acids is 8. The Morgan fingerprint density at radius 3 is 2.48 bits per heavy atom. The van der Waals surface area contributed by atoms with Gasteiger partial charge in [0.05, 0.1) is 44.1 Å². The van der Waals surface area contributed by atoms with Crippen LogP contribution in [0.15, 0.2) is 53.2 Å². The molecule has 3 fully saturated rings. The average molecular weight is 1220 g/mol. The van der Waals surface area contributed by atoms with Crippen molar-refractivity contribution in [1.29, 1.82) is 0 Å². The first kappa shape index (κ1) is 64.3. The molecule has 0 radical (unpaired) electrons. The van der Waals surface area contributed by atoms with Crippen LogP contribution in [0.25, 0.3) is 0 Å². The van der Waals surface area contributed by atoms with Crippen molar-refractivity contribution in [3.8, 4) is 11.5 Å². The molecule has 4 aliphatic heterocycles. The Morgan fingerprint density at radius 1 is 1.06 bits per heavy atom. The molecule has 7 rings (SSSR count). The first-order valence-electron chi connectivity index (χ1n) is 27.2. The van der Waals surface area contributed by atoms with Crippen molar-refractivity contribution >= 4 is 92.2 Å². The fourth-order valence-corrected chi connectivity index (χ4v) is 13.0. The van der Waals surface area contributed by atoms with Crippen molar-refractivity contribution in [3.63, 3.8) is 0 Å². The minimum atomic E-state index is -1.89. The summed E-state index contributed by atoms with van der Waals surface area (Å²) in [7, 11) is 8.65. The van der Waals surface area contributed by atoms with E-state index in [1.165, 1.54) is 65.6 Å². The van der Waals surface area contributed by atoms with Gasteiger partial charge in [-0.2, -0.15) is 5.10 Å². The molecule has 3 N–H and O–H groups in total. The highest BCUT2D eigenvalue weighted by molar-refractivity contribution is 8.77. The van der Waals surface area contributed by atoms with Crippen LogP contribution >= 0.6 is 33.2 Å². The molecule has 0 spiro atoms. The van der Waals surface area contributed by atoms with Crippen molar-refractivity contribution in [3.05, 3.63) is 75.6 Å². The molecule has 1 aliphatic carbocycles. The Hall–Kier alpha value is -6.25. The Kier molecular flexibility index (Phi) is 21.1. The predicted molar refractivity (Wildman–Crippen MR) is 306 cm³/mol. The number of aliphatic hydroxyl groups is 1. The first-order valence-corrected chi connectivity index (χ1v) is 29.9. The normalized spacial score (nSPS) is 26.4. The van der Waals surface area contributed by atoms with Gasteiger partial charge < -0.3 is 48.2 Å². The molecule has 1 unspecified atom stereocenters. The van der Waals surface area contributed by atoms with Gasteiger partial charge in [-0.15, -0.1) is 5.06 Å². The van der Waals surface area contributed by atoms with E-state index in [-0.39, 0.29) is 80.2 Å². The minimum absolute atomic E-state index is 0.0120. The van der Waals surface area contributed by atoms with Crippen LogP contribution in [0, 0.1) is 11.7 Å². The lowest BCUT2D eigenvalue weighted by Gasteiger charge is -2.42. The van der Waals surface area contributed by atoms with E-state index in [1.54, 1.807) is 51.2 Å². The molecule has 4 heterocycles. The van der Waals surface area contributed by atoms with Gasteiger partial charge >= 0.3 is 18.0 Å². The van der Waals surface area contributed by atoms with E-state index in [9.17, 15) is 43.5 Å². The second-order valence-corrected chi connectivity index (χ2v) is 25.5. The first-order chi connectivity index (χ1) is 39.2. The van der Waals surface area contributed by atoms with Crippen molar-refractivity contribution in [2.75, 3.05) is 45.6 Å². The Morgan fingerprint density at radius 2 is 1.78 bits per heavy atom. The van der Waals surface area contributed by atoms with Crippen LogP contribution in [-0.2, 0) is 70.2 Å². The van der Waals surface area contributed by atoms with Gasteiger partial charge in [-0.05, 0) is 89.6 Å². The zero-order valence-electron chi connectivity index (χ0n) is 48.1. The monoisotopic (exact) mass is 1210 g/mol. The van der Waals surface area contributed by atoms with E-state index < -0.39 is 99.9 Å². The van der Waals surface area contributed by atoms with Gasteiger partial charge in [0.2, 0.25) is 17.7 Å². The van der Waals surface area contributed by atoms with Crippen LogP contribution in [0.1, 0.15) is 116 Å². The third-order valence-corrected chi connectivity index (χ3v) is 18.8. The van der Waals surface area contributed by atoms with Gasteiger partial charge in [-0.25, -0.2) is 24.2 Å². The number of nitrogens with one attached hydrogen (secondary N) is 2. The van der Waals surface area contributed by atoms with Gasteiger partial charge in [-0.3, -0.25) is 29.3 Å². The number of fused-ring (bicyclic) bond motifs is 6. The SMILES string of the molecule is COc1cc2cc(c1Cl)N(C)C(=O)C[C@H](OC(=O)[C@H](C)N(C)C(=O)CCSSC(C)(C)CC(=O)N/N=C1\CCc3cc(OCCCC(=O)ON4C(=O)CCC4=O)cc(F)c31)C1(C)O[C@H]1[C@H](C)[C@@H]1C[C@@](O)(NC(=O)O1)[C@H](OC)/C=C/C=C(\C)C2. The summed E-state index contributed by atoms with van der Waals surface area (Å²) in [4.78, 5) is 111. The van der Waals surface area contributed by atoms with Crippen molar-refractivity contribution in [2.45, 2.75) is 159 Å². The number of anilines is 1. The number of likely N-dealkylation sites (N-methyl/N-ethyl adjacent to an activating group) is 1. The molecule has 83 heavy (non-hydrogen) atoms. The molecule has 26 heteroatoms. The summed E-state index contributed by atoms with van der Waals surface area (Å²) in [5.74, 6) is -4.30. The molecule has 2 aromatic carbocycles. The fraction of sp³-hybridized carbons (Fsp3) is 0.561. The van der Waals surface area contributed by atoms with Crippen LogP contribution < -0.4 is 25.1 Å². The highest BCUT2D eigenvalue weighted by atomic mass is 35.5. The lowest BCUT2D eigenvalue weighted by molar-refractivity contribution is -0.197. The Bertz CT molecular complexity index is 2950. The third-order valence-electron chi connectivity index (χ3n) is 15.2. The number of hydrogen-bond acceptors (Lipinski definition) is 19. The number of hydroxylamine groups is 2. The van der Waals surface area contributed by atoms with Crippen LogP contribution in [-0.4, -0.2) is 156 Å². The fourth-order valence-electron chi connectivity index (χ4n) is 10.3. The number of hydrazone groups is 1. The average Bonchev–Trinajstić information content (AvgIpc) is 4.08. The number of carbonyl (C=O) groups is 8. The van der Waals surface area contributed by atoms with E-state index >= 15 is 4.39 Å². The number of ether oxygens (including phenoxy) is 6. The number of nitrogens with zero attached hydrogens (tertiary/aromatic N) is 4. The standard InChI is InChI=1S/C57H72ClFN6O16S2/c1-31-13-11-14-42(76-10)57(74)29-41(78-54(73)60-57)32(2)52-56(6,80-52)43(28-48(70)64(8)39-24-34(23-31)25-40(75-9)51(39)58)79-53(72)33(3)63(7)45(67)20-22-82-83-55(4,5)30-44(66)62-61-38-17-16-35-26-36(27-37(59)50(35)38)77-21-12-15-49(71)81-65-46(68)18-19-47(65)69/h11,13-14,24-27,32-33,41-43,52,74H,12,15-23,28-30H2,1-10H3,(H,60,73)(H,62,66)/b14-11+,31-13+,61-38+/t32-,33+,41+,42-,43+,52+,56?,57+/m1/s1. The molecule has 5 aliphatic rings. The van der Waals surface area contributed by atoms with E-state index in [0.717, 1.165) is 11.1 Å². The number of halogens is 2. The molecule has 0 aromatic heterocycles. The minimum Gasteiger partial charge on any atom is -0.495 e. The zero-order chi connectivity index (χ0) is 60.7. The third kappa shape index (κ3) is 15.7. The summed E-state index contributed by atoms with van der Waals surface area (Å²) < 4.78 is 49.9. The summed E-state index contributed by atoms with van der Waals surface area (Å²) in [6.07, 6.45) is 1.26. The van der Waals surface area contributed by atoms with Crippen molar-refractivity contribution in [2.24, 2.45) is 11.0 Å². The molecular formula is C57H72ClFN6O16S2. The number of amides is 6. The number of epoxide rings is 1. The van der Waals surface area contributed by atoms with Crippen molar-refractivity contribution < 1.29 is 81.1 Å². The summed E-state index contributed by atoms with van der Waals surface area (Å²) in [6, 6.07) is 5.28. The maximum absolute atomic E-state index is 15.4. The number of imide groups is 1. The molecule has 3 saturated heterocycles. The Labute approximate surface area is 494 Å². The number of methoxy groups -OCH3 is 2. The summed E-state index contributed by atoms with van der Waals surface area (Å²) >= 11 is 6.83. The Balaban J connectivity index is 0.925. The van der Waals surface area contributed by atoms with Crippen LogP contribution in [0.5, 0.6) is 11.5 Å². The molecule has 8 atom stereocenters. The summed E-state index contributed by atoms with van der Waals surface area (Å²) in [5, 5.41) is 19.3. The highest BCUT2D eigenvalue weighted by Crippen LogP contribution is 2.49. The second kappa shape index (κ2) is 27.2. The number of allylic oxidation sites excluding steroid dienone is 3. The van der Waals surface area contributed by atoms with Gasteiger partial charge in [0.25, 0.3) is 11.8 Å². The molecule has 6 amide bonds. The molecule has 22 nitrogen and oxygen atoms in total. The molecule has 0 saturated carbocycles. The van der Waals surface area contributed by atoms with Gasteiger partial charge in [0, 0.05) is 81.4 Å². The quantitative estimate of drug-likeness (QED) is 0.0325. The maximum atomic E-state index is 15.4. The highest BCUT2D eigenvalue weighted by Gasteiger charge is 2.64. The smallest absolute Gasteiger partial charge is 0.409 e. The number of rotatable bonds is 19. The lowest BCUT2D eigenvalue weighted by atomic mass is 9.83. The number of alkyl carbamates (subject to hydrolysis) is 1. The zero-order valence-corrected chi connectivity index (χ0v) is 50.5. The maximum Gasteiger partial charge on any atom is 0.409 e. The van der Waals surface area contributed by atoms with Crippen LogP contribution in [0.2, 0.25) is 5.02 Å². The number of benzene rings is 2. The van der Waals surface area contributed by atoms with Gasteiger partial charge in [-0.1, -0.05) is 63.9 Å². The van der Waals surface area contributed by atoms with E-state index in [0.29, 0.717) is 52.8 Å². The largest absolute Gasteiger partial charge is 0.495 e. The van der Waals surface area contributed by atoms with E-state index in [1.807, 2.05) is 26.8 Å². The van der Waals surface area contributed by atoms with Crippen molar-refractivity contribution in [1.82, 2.24) is 20.7 Å².